The summed E-state index contributed by atoms with van der Waals surface area (Å²) in [5.74, 6) is -2.88. The fraction of sp³-hybridized carbons (Fsp3) is 0.476. The van der Waals surface area contributed by atoms with Crippen LogP contribution in [0, 0.1) is 0 Å². The molecule has 0 bridgehead atoms. The third-order valence-electron chi connectivity index (χ3n) is 6.09. The number of carbonyl (C=O) groups is 1. The molecule has 2 aliphatic carbocycles. The van der Waals surface area contributed by atoms with Gasteiger partial charge in [0.1, 0.15) is 0 Å². The maximum Gasteiger partial charge on any atom is 0.410 e. The van der Waals surface area contributed by atoms with Crippen LogP contribution >= 0.6 is 0 Å². The summed E-state index contributed by atoms with van der Waals surface area (Å²) in [6.07, 6.45) is 6.56. The molecule has 0 unspecified atom stereocenters. The molecule has 3 aliphatic rings. The average molecular weight is 415 g/mol. The summed E-state index contributed by atoms with van der Waals surface area (Å²) in [5.41, 5.74) is 5.26. The SMILES string of the molecule is Cn1cnc(C2=Cc3c(N4CCN(C(=O)O[C@H]5CCC5(F)F)CC4)ccnc3C2)c1. The molecule has 2 fully saturated rings. The molecular weight excluding hydrogens is 392 g/mol. The van der Waals surface area contributed by atoms with Crippen molar-refractivity contribution in [2.24, 2.45) is 7.05 Å². The van der Waals surface area contributed by atoms with Crippen molar-refractivity contribution in [2.45, 2.75) is 31.3 Å². The number of piperazine rings is 1. The van der Waals surface area contributed by atoms with E-state index in [2.05, 4.69) is 20.9 Å². The van der Waals surface area contributed by atoms with Gasteiger partial charge < -0.3 is 19.1 Å². The van der Waals surface area contributed by atoms with Crippen molar-refractivity contribution < 1.29 is 18.3 Å². The van der Waals surface area contributed by atoms with Crippen molar-refractivity contribution in [3.8, 4) is 0 Å². The predicted octanol–water partition coefficient (Wildman–Crippen LogP) is 2.97. The molecule has 1 aliphatic heterocycles. The van der Waals surface area contributed by atoms with Crippen LogP contribution < -0.4 is 4.90 Å². The van der Waals surface area contributed by atoms with Crippen molar-refractivity contribution in [3.63, 3.8) is 0 Å². The summed E-state index contributed by atoms with van der Waals surface area (Å²) in [5, 5.41) is 0. The van der Waals surface area contributed by atoms with Gasteiger partial charge in [0.15, 0.2) is 6.10 Å². The molecule has 2 aromatic heterocycles. The number of alkyl halides is 2. The molecule has 3 heterocycles. The van der Waals surface area contributed by atoms with Gasteiger partial charge in [-0.1, -0.05) is 0 Å². The first-order chi connectivity index (χ1) is 14.4. The van der Waals surface area contributed by atoms with E-state index >= 15 is 0 Å². The highest BCUT2D eigenvalue weighted by Crippen LogP contribution is 2.40. The van der Waals surface area contributed by atoms with E-state index in [-0.39, 0.29) is 12.8 Å². The lowest BCUT2D eigenvalue weighted by molar-refractivity contribution is -0.179. The number of hydrogen-bond acceptors (Lipinski definition) is 5. The molecule has 1 atom stereocenters. The van der Waals surface area contributed by atoms with Crippen molar-refractivity contribution in [1.82, 2.24) is 19.4 Å². The first kappa shape index (κ1) is 19.0. The second-order valence-electron chi connectivity index (χ2n) is 8.11. The normalized spacial score (nSPS) is 22.4. The van der Waals surface area contributed by atoms with Gasteiger partial charge in [-0.2, -0.15) is 0 Å². The van der Waals surface area contributed by atoms with Gasteiger partial charge in [0, 0.05) is 69.7 Å². The van der Waals surface area contributed by atoms with E-state index in [9.17, 15) is 13.6 Å². The molecule has 0 radical (unpaired) electrons. The van der Waals surface area contributed by atoms with E-state index in [1.54, 1.807) is 6.33 Å². The molecule has 0 aromatic carbocycles. The summed E-state index contributed by atoms with van der Waals surface area (Å²) in [4.78, 5) is 24.9. The number of rotatable bonds is 3. The number of anilines is 1. The Kier molecular flexibility index (Phi) is 4.48. The van der Waals surface area contributed by atoms with Crippen molar-refractivity contribution in [1.29, 1.82) is 0 Å². The minimum atomic E-state index is -2.88. The summed E-state index contributed by atoms with van der Waals surface area (Å²) in [7, 11) is 1.94. The van der Waals surface area contributed by atoms with Crippen LogP contribution in [0.2, 0.25) is 0 Å². The molecule has 2 aromatic rings. The Hall–Kier alpha value is -2.97. The zero-order chi connectivity index (χ0) is 20.9. The Balaban J connectivity index is 1.26. The van der Waals surface area contributed by atoms with E-state index in [0.29, 0.717) is 26.2 Å². The van der Waals surface area contributed by atoms with Gasteiger partial charge in [0.05, 0.1) is 17.7 Å². The molecular formula is C21H23F2N5O2. The Bertz CT molecular complexity index is 1010. The standard InChI is InChI=1S/C21H23F2N5O2/c1-26-12-17(25-13-26)14-10-15-16(11-14)24-5-3-18(15)27-6-8-28(9-7-27)20(29)30-19-2-4-21(19,22)23/h3,5,10,12-13,19H,2,4,6-9,11H2,1H3/t19-/m0/s1. The Morgan fingerprint density at radius 3 is 2.67 bits per heavy atom. The lowest BCUT2D eigenvalue weighted by Gasteiger charge is -2.39. The van der Waals surface area contributed by atoms with Crippen LogP contribution in [0.4, 0.5) is 19.3 Å². The Labute approximate surface area is 173 Å². The summed E-state index contributed by atoms with van der Waals surface area (Å²) in [6.45, 7) is 2.09. The molecule has 0 spiro atoms. The summed E-state index contributed by atoms with van der Waals surface area (Å²) >= 11 is 0. The molecule has 30 heavy (non-hydrogen) atoms. The van der Waals surface area contributed by atoms with Crippen LogP contribution in [0.1, 0.15) is 29.8 Å². The number of halogens is 2. The maximum absolute atomic E-state index is 13.4. The van der Waals surface area contributed by atoms with Crippen LogP contribution in [0.15, 0.2) is 24.8 Å². The number of amides is 1. The molecule has 0 N–H and O–H groups in total. The minimum absolute atomic E-state index is 0.208. The molecule has 5 rings (SSSR count). The summed E-state index contributed by atoms with van der Waals surface area (Å²) in [6, 6.07) is 1.99. The lowest BCUT2D eigenvalue weighted by Crippen LogP contribution is -2.53. The lowest BCUT2D eigenvalue weighted by atomic mass is 9.91. The number of aromatic nitrogens is 3. The minimum Gasteiger partial charge on any atom is -0.440 e. The highest BCUT2D eigenvalue weighted by molar-refractivity contribution is 5.91. The van der Waals surface area contributed by atoms with Gasteiger partial charge in [0.25, 0.3) is 5.92 Å². The number of imidazole rings is 1. The van der Waals surface area contributed by atoms with Crippen molar-refractivity contribution >= 4 is 23.4 Å². The smallest absolute Gasteiger partial charge is 0.410 e. The third-order valence-corrected chi connectivity index (χ3v) is 6.09. The van der Waals surface area contributed by atoms with Gasteiger partial charge in [-0.25, -0.2) is 18.6 Å². The molecule has 7 nitrogen and oxygen atoms in total. The van der Waals surface area contributed by atoms with E-state index in [0.717, 1.165) is 34.6 Å². The first-order valence-electron chi connectivity index (χ1n) is 10.2. The van der Waals surface area contributed by atoms with E-state index in [4.69, 9.17) is 4.74 Å². The van der Waals surface area contributed by atoms with Gasteiger partial charge in [-0.15, -0.1) is 0 Å². The van der Waals surface area contributed by atoms with Gasteiger partial charge in [-0.3, -0.25) is 4.98 Å². The zero-order valence-electron chi connectivity index (χ0n) is 16.7. The average Bonchev–Trinajstić information content (AvgIpc) is 3.37. The van der Waals surface area contributed by atoms with Crippen LogP contribution in [-0.2, 0) is 18.2 Å². The van der Waals surface area contributed by atoms with Gasteiger partial charge >= 0.3 is 6.09 Å². The van der Waals surface area contributed by atoms with E-state index in [1.165, 1.54) is 4.90 Å². The number of hydrogen-bond donors (Lipinski definition) is 0. The Morgan fingerprint density at radius 1 is 1.23 bits per heavy atom. The maximum atomic E-state index is 13.4. The van der Waals surface area contributed by atoms with Gasteiger partial charge in [-0.05, 0) is 24.1 Å². The zero-order valence-corrected chi connectivity index (χ0v) is 16.7. The number of carbonyl (C=O) groups excluding carboxylic acids is 1. The highest BCUT2D eigenvalue weighted by atomic mass is 19.3. The van der Waals surface area contributed by atoms with Gasteiger partial charge in [0.2, 0.25) is 0 Å². The van der Waals surface area contributed by atoms with E-state index in [1.807, 2.05) is 30.1 Å². The van der Waals surface area contributed by atoms with Crippen LogP contribution in [-0.4, -0.2) is 63.7 Å². The number of pyridine rings is 1. The number of fused-ring (bicyclic) bond motifs is 1. The van der Waals surface area contributed by atoms with Crippen LogP contribution in [0.25, 0.3) is 11.6 Å². The number of aryl methyl sites for hydroxylation is 1. The number of allylic oxidation sites excluding steroid dienone is 1. The second kappa shape index (κ2) is 7.07. The Morgan fingerprint density at radius 2 is 2.03 bits per heavy atom. The third kappa shape index (κ3) is 3.32. The molecule has 158 valence electrons. The predicted molar refractivity (Wildman–Crippen MR) is 107 cm³/mol. The molecule has 9 heteroatoms. The number of ether oxygens (including phenoxy) is 1. The monoisotopic (exact) mass is 415 g/mol. The van der Waals surface area contributed by atoms with Crippen molar-refractivity contribution in [3.05, 3.63) is 41.7 Å². The molecule has 1 saturated heterocycles. The second-order valence-corrected chi connectivity index (χ2v) is 8.11. The topological polar surface area (TPSA) is 63.5 Å². The summed E-state index contributed by atoms with van der Waals surface area (Å²) < 4.78 is 33.7. The first-order valence-corrected chi connectivity index (χ1v) is 10.2. The molecule has 1 amide bonds. The van der Waals surface area contributed by atoms with Crippen molar-refractivity contribution in [2.75, 3.05) is 31.1 Å². The quantitative estimate of drug-likeness (QED) is 0.771. The highest BCUT2D eigenvalue weighted by Gasteiger charge is 2.51. The van der Waals surface area contributed by atoms with Crippen LogP contribution in [0.5, 0.6) is 0 Å². The van der Waals surface area contributed by atoms with Crippen LogP contribution in [0.3, 0.4) is 0 Å². The van der Waals surface area contributed by atoms with E-state index < -0.39 is 18.1 Å². The largest absolute Gasteiger partial charge is 0.440 e. The number of nitrogens with zero attached hydrogens (tertiary/aromatic N) is 5. The fourth-order valence-corrected chi connectivity index (χ4v) is 4.18. The fourth-order valence-electron chi connectivity index (χ4n) is 4.18. The molecule has 1 saturated carbocycles.